The van der Waals surface area contributed by atoms with Gasteiger partial charge in [-0.25, -0.2) is 0 Å². The van der Waals surface area contributed by atoms with Crippen molar-refractivity contribution in [3.8, 4) is 5.75 Å². The van der Waals surface area contributed by atoms with Gasteiger partial charge in [-0.05, 0) is 38.1 Å². The Labute approximate surface area is 108 Å². The molecule has 0 amide bonds. The lowest BCUT2D eigenvalue weighted by atomic mass is 9.99. The van der Waals surface area contributed by atoms with Crippen molar-refractivity contribution in [1.82, 2.24) is 5.32 Å². The number of benzene rings is 1. The number of hydrogen-bond donors (Lipinski definition) is 1. The second kappa shape index (κ2) is 5.74. The van der Waals surface area contributed by atoms with Gasteiger partial charge in [0.1, 0.15) is 11.5 Å². The van der Waals surface area contributed by atoms with Crippen molar-refractivity contribution < 1.29 is 9.15 Å². The van der Waals surface area contributed by atoms with Gasteiger partial charge in [-0.3, -0.25) is 0 Å². The molecule has 0 saturated carbocycles. The van der Waals surface area contributed by atoms with Crippen LogP contribution in [0.15, 0.2) is 41.0 Å². The summed E-state index contributed by atoms with van der Waals surface area (Å²) in [5.74, 6) is 1.89. The van der Waals surface area contributed by atoms with Crippen molar-refractivity contribution in [3.63, 3.8) is 0 Å². The van der Waals surface area contributed by atoms with Crippen LogP contribution >= 0.6 is 0 Å². The van der Waals surface area contributed by atoms with Gasteiger partial charge in [0.25, 0.3) is 0 Å². The summed E-state index contributed by atoms with van der Waals surface area (Å²) in [6.07, 6.45) is 2.61. The maximum absolute atomic E-state index is 5.39. The van der Waals surface area contributed by atoms with Gasteiger partial charge in [0, 0.05) is 11.6 Å². The van der Waals surface area contributed by atoms with E-state index in [4.69, 9.17) is 9.15 Å². The molecule has 1 N–H and O–H groups in total. The molecule has 3 nitrogen and oxygen atoms in total. The number of aryl methyl sites for hydroxylation is 1. The fourth-order valence-electron chi connectivity index (χ4n) is 2.22. The lowest BCUT2D eigenvalue weighted by Crippen LogP contribution is -2.19. The Morgan fingerprint density at radius 1 is 1.28 bits per heavy atom. The van der Waals surface area contributed by atoms with E-state index in [1.54, 1.807) is 13.4 Å². The van der Waals surface area contributed by atoms with Crippen LogP contribution in [0.25, 0.3) is 0 Å². The Kier molecular flexibility index (Phi) is 4.05. The summed E-state index contributed by atoms with van der Waals surface area (Å²) in [6.45, 7) is 1.99. The maximum atomic E-state index is 5.39. The molecule has 1 unspecified atom stereocenters. The molecule has 0 spiro atoms. The fraction of sp³-hybridized carbons (Fsp3) is 0.333. The number of furan rings is 1. The lowest BCUT2D eigenvalue weighted by molar-refractivity contribution is 0.406. The highest BCUT2D eigenvalue weighted by Gasteiger charge is 2.16. The van der Waals surface area contributed by atoms with E-state index in [1.807, 2.05) is 38.2 Å². The van der Waals surface area contributed by atoms with Gasteiger partial charge < -0.3 is 14.5 Å². The normalized spacial score (nSPS) is 12.4. The van der Waals surface area contributed by atoms with Crippen LogP contribution in [-0.4, -0.2) is 14.2 Å². The Hall–Kier alpha value is -1.74. The monoisotopic (exact) mass is 245 g/mol. The summed E-state index contributed by atoms with van der Waals surface area (Å²) in [4.78, 5) is 0. The number of nitrogens with one attached hydrogen (secondary N) is 1. The second-order valence-electron chi connectivity index (χ2n) is 4.29. The molecule has 0 aliphatic rings. The van der Waals surface area contributed by atoms with E-state index in [1.165, 1.54) is 11.1 Å². The summed E-state index contributed by atoms with van der Waals surface area (Å²) >= 11 is 0. The minimum atomic E-state index is 0.236. The Morgan fingerprint density at radius 2 is 2.06 bits per heavy atom. The zero-order chi connectivity index (χ0) is 13.0. The lowest BCUT2D eigenvalue weighted by Gasteiger charge is -2.17. The molecule has 1 aromatic carbocycles. The number of ether oxygens (including phenoxy) is 1. The number of para-hydroxylation sites is 1. The minimum absolute atomic E-state index is 0.236. The number of methoxy groups -OCH3 is 1. The van der Waals surface area contributed by atoms with Crippen LogP contribution in [0, 0.1) is 6.92 Å². The predicted octanol–water partition coefficient (Wildman–Crippen LogP) is 3.10. The van der Waals surface area contributed by atoms with E-state index < -0.39 is 0 Å². The first kappa shape index (κ1) is 12.7. The summed E-state index contributed by atoms with van der Waals surface area (Å²) < 4.78 is 10.8. The summed E-state index contributed by atoms with van der Waals surface area (Å²) in [5, 5.41) is 3.33. The minimum Gasteiger partial charge on any atom is -0.496 e. The third-order valence-corrected chi connectivity index (χ3v) is 3.24. The third-order valence-electron chi connectivity index (χ3n) is 3.24. The molecule has 0 saturated heterocycles. The first-order valence-electron chi connectivity index (χ1n) is 6.09. The Balaban J connectivity index is 2.23. The molecular formula is C15H19NO2. The molecule has 0 aliphatic carbocycles. The van der Waals surface area contributed by atoms with Gasteiger partial charge in [-0.2, -0.15) is 0 Å². The summed E-state index contributed by atoms with van der Waals surface area (Å²) in [7, 11) is 3.67. The first-order valence-corrected chi connectivity index (χ1v) is 6.09. The molecule has 18 heavy (non-hydrogen) atoms. The fourth-order valence-corrected chi connectivity index (χ4v) is 2.22. The molecule has 3 heteroatoms. The van der Waals surface area contributed by atoms with Gasteiger partial charge in [0.2, 0.25) is 0 Å². The van der Waals surface area contributed by atoms with Crippen molar-refractivity contribution >= 4 is 0 Å². The number of rotatable bonds is 5. The summed E-state index contributed by atoms with van der Waals surface area (Å²) in [5.41, 5.74) is 2.39. The number of likely N-dealkylation sites (N-methyl/N-ethyl adjacent to an activating group) is 1. The van der Waals surface area contributed by atoms with E-state index in [0.717, 1.165) is 17.9 Å². The van der Waals surface area contributed by atoms with Crippen molar-refractivity contribution in [2.24, 2.45) is 0 Å². The molecule has 2 aromatic rings. The highest BCUT2D eigenvalue weighted by atomic mass is 16.5. The maximum Gasteiger partial charge on any atom is 0.122 e. The molecule has 0 fully saturated rings. The first-order chi connectivity index (χ1) is 8.76. The van der Waals surface area contributed by atoms with Crippen LogP contribution in [0.2, 0.25) is 0 Å². The van der Waals surface area contributed by atoms with Crippen LogP contribution < -0.4 is 10.1 Å². The second-order valence-corrected chi connectivity index (χ2v) is 4.29. The van der Waals surface area contributed by atoms with Crippen LogP contribution in [-0.2, 0) is 6.42 Å². The zero-order valence-corrected chi connectivity index (χ0v) is 11.1. The van der Waals surface area contributed by atoms with E-state index in [0.29, 0.717) is 0 Å². The molecule has 0 aliphatic heterocycles. The van der Waals surface area contributed by atoms with E-state index in [-0.39, 0.29) is 6.04 Å². The molecule has 0 bridgehead atoms. The largest absolute Gasteiger partial charge is 0.496 e. The van der Waals surface area contributed by atoms with Crippen LogP contribution in [0.4, 0.5) is 0 Å². The van der Waals surface area contributed by atoms with Gasteiger partial charge >= 0.3 is 0 Å². The third kappa shape index (κ3) is 2.57. The van der Waals surface area contributed by atoms with Crippen molar-refractivity contribution in [2.75, 3.05) is 14.2 Å². The summed E-state index contributed by atoms with van der Waals surface area (Å²) in [6, 6.07) is 10.4. The Morgan fingerprint density at radius 3 is 2.67 bits per heavy atom. The molecular weight excluding hydrogens is 226 g/mol. The molecule has 1 aromatic heterocycles. The smallest absolute Gasteiger partial charge is 0.122 e. The van der Waals surface area contributed by atoms with Crippen molar-refractivity contribution in [3.05, 3.63) is 53.5 Å². The molecule has 96 valence electrons. The predicted molar refractivity (Wildman–Crippen MR) is 71.9 cm³/mol. The Bertz CT molecular complexity index is 505. The van der Waals surface area contributed by atoms with Gasteiger partial charge in [-0.15, -0.1) is 0 Å². The van der Waals surface area contributed by atoms with Gasteiger partial charge in [-0.1, -0.05) is 18.2 Å². The molecule has 1 heterocycles. The standard InChI is InChI=1S/C15H19NO2/c1-11-13(8-9-18-11)14(16-2)10-12-6-4-5-7-15(12)17-3/h4-9,14,16H,10H2,1-3H3. The van der Waals surface area contributed by atoms with Crippen LogP contribution in [0.3, 0.4) is 0 Å². The van der Waals surface area contributed by atoms with Gasteiger partial charge in [0.15, 0.2) is 0 Å². The molecule has 0 radical (unpaired) electrons. The quantitative estimate of drug-likeness (QED) is 0.879. The SMILES string of the molecule is CNC(Cc1ccccc1OC)c1ccoc1C. The van der Waals surface area contributed by atoms with Crippen LogP contribution in [0.1, 0.15) is 22.9 Å². The van der Waals surface area contributed by atoms with E-state index in [2.05, 4.69) is 11.4 Å². The molecule has 1 atom stereocenters. The highest BCUT2D eigenvalue weighted by Crippen LogP contribution is 2.26. The van der Waals surface area contributed by atoms with Crippen molar-refractivity contribution in [2.45, 2.75) is 19.4 Å². The average molecular weight is 245 g/mol. The average Bonchev–Trinajstić information content (AvgIpc) is 2.82. The topological polar surface area (TPSA) is 34.4 Å². The van der Waals surface area contributed by atoms with Gasteiger partial charge in [0.05, 0.1) is 13.4 Å². The highest BCUT2D eigenvalue weighted by molar-refractivity contribution is 5.35. The zero-order valence-electron chi connectivity index (χ0n) is 11.1. The van der Waals surface area contributed by atoms with E-state index in [9.17, 15) is 0 Å². The van der Waals surface area contributed by atoms with Crippen molar-refractivity contribution in [1.29, 1.82) is 0 Å². The molecule has 2 rings (SSSR count). The van der Waals surface area contributed by atoms with Crippen LogP contribution in [0.5, 0.6) is 5.75 Å². The van der Waals surface area contributed by atoms with E-state index >= 15 is 0 Å². The number of hydrogen-bond acceptors (Lipinski definition) is 3.